The number of piperidine rings is 1. The van der Waals surface area contributed by atoms with Gasteiger partial charge in [0.2, 0.25) is 0 Å². The third-order valence-electron chi connectivity index (χ3n) is 2.80. The van der Waals surface area contributed by atoms with Crippen LogP contribution in [0, 0.1) is 0 Å². The molecule has 1 atom stereocenters. The lowest BCUT2D eigenvalue weighted by Gasteiger charge is -2.30. The number of carbonyl (C=O) groups is 1. The third kappa shape index (κ3) is 3.11. The molecule has 0 aromatic heterocycles. The van der Waals surface area contributed by atoms with Crippen molar-refractivity contribution in [2.24, 2.45) is 0 Å². The van der Waals surface area contributed by atoms with Crippen LogP contribution < -0.4 is 5.32 Å². The van der Waals surface area contributed by atoms with Gasteiger partial charge in [0, 0.05) is 13.1 Å². The van der Waals surface area contributed by atoms with Crippen LogP contribution in [0.25, 0.3) is 0 Å². The van der Waals surface area contributed by atoms with Gasteiger partial charge < -0.3 is 15.3 Å². The highest BCUT2D eigenvalue weighted by molar-refractivity contribution is 6.33. The number of aliphatic hydroxyl groups is 1. The predicted octanol–water partition coefficient (Wildman–Crippen LogP) is 2.33. The summed E-state index contributed by atoms with van der Waals surface area (Å²) in [7, 11) is 0. The van der Waals surface area contributed by atoms with E-state index in [1.807, 2.05) is 12.1 Å². The van der Waals surface area contributed by atoms with Crippen LogP contribution in [0.4, 0.5) is 10.5 Å². The highest BCUT2D eigenvalue weighted by Gasteiger charge is 2.22. The molecular formula is C12H15ClN2O2. The maximum atomic E-state index is 11.9. The molecule has 1 aliphatic rings. The van der Waals surface area contributed by atoms with Crippen molar-refractivity contribution >= 4 is 23.3 Å². The van der Waals surface area contributed by atoms with Crippen LogP contribution in [-0.2, 0) is 0 Å². The van der Waals surface area contributed by atoms with E-state index in [9.17, 15) is 9.90 Å². The van der Waals surface area contributed by atoms with Gasteiger partial charge in [-0.1, -0.05) is 23.7 Å². The van der Waals surface area contributed by atoms with Crippen LogP contribution in [0.5, 0.6) is 0 Å². The van der Waals surface area contributed by atoms with E-state index in [1.54, 1.807) is 17.0 Å². The molecule has 1 aliphatic heterocycles. The number of carbonyl (C=O) groups excluding carboxylic acids is 1. The fourth-order valence-corrected chi connectivity index (χ4v) is 2.08. The molecule has 1 fully saturated rings. The molecule has 2 N–H and O–H groups in total. The average Bonchev–Trinajstić information content (AvgIpc) is 2.32. The molecule has 5 heteroatoms. The van der Waals surface area contributed by atoms with Gasteiger partial charge in [0.15, 0.2) is 0 Å². The van der Waals surface area contributed by atoms with Gasteiger partial charge in [0.25, 0.3) is 0 Å². The second kappa shape index (κ2) is 5.38. The zero-order valence-electron chi connectivity index (χ0n) is 9.40. The molecular weight excluding hydrogens is 240 g/mol. The number of rotatable bonds is 1. The minimum absolute atomic E-state index is 0.211. The minimum atomic E-state index is -0.416. The number of benzene rings is 1. The summed E-state index contributed by atoms with van der Waals surface area (Å²) in [4.78, 5) is 13.5. The molecule has 92 valence electrons. The largest absolute Gasteiger partial charge is 0.391 e. The summed E-state index contributed by atoms with van der Waals surface area (Å²) < 4.78 is 0. The maximum Gasteiger partial charge on any atom is 0.321 e. The molecule has 2 rings (SSSR count). The van der Waals surface area contributed by atoms with Gasteiger partial charge >= 0.3 is 6.03 Å². The first kappa shape index (κ1) is 12.2. The number of hydrogen-bond acceptors (Lipinski definition) is 2. The van der Waals surface area contributed by atoms with E-state index in [4.69, 9.17) is 11.6 Å². The summed E-state index contributed by atoms with van der Waals surface area (Å²) in [6, 6.07) is 6.88. The standard InChI is InChI=1S/C12H15ClN2O2/c13-10-5-1-2-6-11(10)14-12(17)15-7-3-4-9(16)8-15/h1-2,5-6,9,16H,3-4,7-8H2,(H,14,17). The number of urea groups is 1. The Morgan fingerprint density at radius 2 is 2.24 bits per heavy atom. The molecule has 1 heterocycles. The number of para-hydroxylation sites is 1. The second-order valence-electron chi connectivity index (χ2n) is 4.15. The Bertz CT molecular complexity index is 411. The summed E-state index contributed by atoms with van der Waals surface area (Å²) in [5.41, 5.74) is 0.597. The zero-order valence-corrected chi connectivity index (χ0v) is 10.2. The van der Waals surface area contributed by atoms with Crippen LogP contribution >= 0.6 is 11.6 Å². The molecule has 1 saturated heterocycles. The third-order valence-corrected chi connectivity index (χ3v) is 3.13. The Hall–Kier alpha value is -1.26. The number of hydrogen-bond donors (Lipinski definition) is 2. The van der Waals surface area contributed by atoms with Gasteiger partial charge in [-0.05, 0) is 25.0 Å². The summed E-state index contributed by atoms with van der Waals surface area (Å²) in [6.45, 7) is 1.06. The Morgan fingerprint density at radius 3 is 2.94 bits per heavy atom. The van der Waals surface area contributed by atoms with Crippen LogP contribution in [0.2, 0.25) is 5.02 Å². The Kier molecular flexibility index (Phi) is 3.86. The molecule has 0 spiro atoms. The highest BCUT2D eigenvalue weighted by Crippen LogP contribution is 2.21. The number of amides is 2. The van der Waals surface area contributed by atoms with E-state index in [1.165, 1.54) is 0 Å². The van der Waals surface area contributed by atoms with Gasteiger partial charge in [0.1, 0.15) is 0 Å². The molecule has 4 nitrogen and oxygen atoms in total. The lowest BCUT2D eigenvalue weighted by Crippen LogP contribution is -2.44. The highest BCUT2D eigenvalue weighted by atomic mass is 35.5. The van der Waals surface area contributed by atoms with Crippen molar-refractivity contribution in [1.29, 1.82) is 0 Å². The second-order valence-corrected chi connectivity index (χ2v) is 4.56. The zero-order chi connectivity index (χ0) is 12.3. The lowest BCUT2D eigenvalue weighted by atomic mass is 10.1. The van der Waals surface area contributed by atoms with Crippen molar-refractivity contribution in [2.45, 2.75) is 18.9 Å². The van der Waals surface area contributed by atoms with Gasteiger partial charge in [-0.15, -0.1) is 0 Å². The van der Waals surface area contributed by atoms with Crippen LogP contribution in [0.3, 0.4) is 0 Å². The van der Waals surface area contributed by atoms with Gasteiger partial charge in [-0.25, -0.2) is 4.79 Å². The molecule has 1 aromatic carbocycles. The molecule has 0 aliphatic carbocycles. The Labute approximate surface area is 105 Å². The molecule has 17 heavy (non-hydrogen) atoms. The first-order valence-corrected chi connectivity index (χ1v) is 6.03. The fourth-order valence-electron chi connectivity index (χ4n) is 1.90. The first-order valence-electron chi connectivity index (χ1n) is 5.65. The van der Waals surface area contributed by atoms with E-state index in [-0.39, 0.29) is 6.03 Å². The summed E-state index contributed by atoms with van der Waals surface area (Å²) in [5.74, 6) is 0. The molecule has 0 saturated carbocycles. The van der Waals surface area contributed by atoms with Crippen LogP contribution in [-0.4, -0.2) is 35.2 Å². The van der Waals surface area contributed by atoms with Crippen molar-refractivity contribution < 1.29 is 9.90 Å². The molecule has 2 amide bonds. The molecule has 0 bridgehead atoms. The minimum Gasteiger partial charge on any atom is -0.391 e. The number of likely N-dealkylation sites (tertiary alicyclic amines) is 1. The van der Waals surface area contributed by atoms with Gasteiger partial charge in [-0.3, -0.25) is 0 Å². The van der Waals surface area contributed by atoms with Crippen molar-refractivity contribution in [3.63, 3.8) is 0 Å². The van der Waals surface area contributed by atoms with Crippen LogP contribution in [0.1, 0.15) is 12.8 Å². The van der Waals surface area contributed by atoms with E-state index >= 15 is 0 Å². The number of β-amino-alcohol motifs (C(OH)–C–C–N with tert-alkyl or cyclic N) is 1. The number of halogens is 1. The summed E-state index contributed by atoms with van der Waals surface area (Å²) in [5, 5.41) is 12.8. The topological polar surface area (TPSA) is 52.6 Å². The van der Waals surface area contributed by atoms with Gasteiger partial charge in [-0.2, -0.15) is 0 Å². The number of anilines is 1. The Morgan fingerprint density at radius 1 is 1.47 bits per heavy atom. The van der Waals surface area contributed by atoms with E-state index < -0.39 is 6.10 Å². The summed E-state index contributed by atoms with van der Waals surface area (Å²) >= 11 is 5.95. The SMILES string of the molecule is O=C(Nc1ccccc1Cl)N1CCCC(O)C1. The first-order chi connectivity index (χ1) is 8.16. The van der Waals surface area contributed by atoms with Crippen molar-refractivity contribution in [3.05, 3.63) is 29.3 Å². The fraction of sp³-hybridized carbons (Fsp3) is 0.417. The van der Waals surface area contributed by atoms with Gasteiger partial charge in [0.05, 0.1) is 16.8 Å². The molecule has 0 radical (unpaired) electrons. The molecule has 1 aromatic rings. The van der Waals surface area contributed by atoms with Crippen LogP contribution in [0.15, 0.2) is 24.3 Å². The molecule has 1 unspecified atom stereocenters. The predicted molar refractivity (Wildman–Crippen MR) is 67.3 cm³/mol. The van der Waals surface area contributed by atoms with E-state index in [0.29, 0.717) is 23.8 Å². The van der Waals surface area contributed by atoms with Crippen molar-refractivity contribution in [1.82, 2.24) is 4.90 Å². The van der Waals surface area contributed by atoms with E-state index in [0.717, 1.165) is 12.8 Å². The van der Waals surface area contributed by atoms with Crippen molar-refractivity contribution in [3.8, 4) is 0 Å². The maximum absolute atomic E-state index is 11.9. The normalized spacial score (nSPS) is 20.1. The Balaban J connectivity index is 1.99. The number of nitrogens with zero attached hydrogens (tertiary/aromatic N) is 1. The van der Waals surface area contributed by atoms with Crippen molar-refractivity contribution in [2.75, 3.05) is 18.4 Å². The monoisotopic (exact) mass is 254 g/mol. The smallest absolute Gasteiger partial charge is 0.321 e. The van der Waals surface area contributed by atoms with E-state index in [2.05, 4.69) is 5.32 Å². The quantitative estimate of drug-likeness (QED) is 0.808. The lowest BCUT2D eigenvalue weighted by molar-refractivity contribution is 0.0883. The average molecular weight is 255 g/mol. The number of aliphatic hydroxyl groups excluding tert-OH is 1. The summed E-state index contributed by atoms with van der Waals surface area (Å²) in [6.07, 6.45) is 1.17. The number of nitrogens with one attached hydrogen (secondary N) is 1.